The summed E-state index contributed by atoms with van der Waals surface area (Å²) in [7, 11) is -1.09. The van der Waals surface area contributed by atoms with Crippen LogP contribution < -0.4 is 23.8 Å². The Kier molecular flexibility index (Phi) is 8.59. The third-order valence-corrected chi connectivity index (χ3v) is 7.02. The van der Waals surface area contributed by atoms with Crippen LogP contribution in [0.2, 0.25) is 0 Å². The molecule has 0 bridgehead atoms. The molecule has 0 aliphatic rings. The average molecular weight is 499 g/mol. The van der Waals surface area contributed by atoms with Gasteiger partial charge >= 0.3 is 0 Å². The van der Waals surface area contributed by atoms with Crippen LogP contribution in [0.3, 0.4) is 0 Å². The molecule has 0 aliphatic carbocycles. The van der Waals surface area contributed by atoms with E-state index in [4.69, 9.17) is 14.2 Å². The number of carbonyl (C=O) groups is 1. The van der Waals surface area contributed by atoms with E-state index in [1.54, 1.807) is 24.3 Å². The maximum Gasteiger partial charge on any atom is 0.264 e. The zero-order valence-corrected chi connectivity index (χ0v) is 21.1. The molecular formula is C26H30N2O6S. The van der Waals surface area contributed by atoms with Crippen molar-refractivity contribution in [1.29, 1.82) is 0 Å². The Bertz CT molecular complexity index is 1260. The molecular weight excluding hydrogens is 468 g/mol. The fourth-order valence-electron chi connectivity index (χ4n) is 3.38. The summed E-state index contributed by atoms with van der Waals surface area (Å²) in [6.45, 7) is 3.88. The number of nitrogens with one attached hydrogen (secondary N) is 1. The molecule has 0 aromatic heterocycles. The smallest absolute Gasteiger partial charge is 0.264 e. The molecule has 0 saturated carbocycles. The second kappa shape index (κ2) is 11.6. The van der Waals surface area contributed by atoms with E-state index in [1.165, 1.54) is 32.4 Å². The largest absolute Gasteiger partial charge is 0.493 e. The minimum absolute atomic E-state index is 0.0773. The quantitative estimate of drug-likeness (QED) is 0.405. The van der Waals surface area contributed by atoms with Gasteiger partial charge in [-0.1, -0.05) is 29.8 Å². The molecule has 0 atom stereocenters. The summed E-state index contributed by atoms with van der Waals surface area (Å²) in [5.74, 6) is 1.03. The zero-order chi connectivity index (χ0) is 25.4. The number of hydrogen-bond donors (Lipinski definition) is 1. The van der Waals surface area contributed by atoms with Gasteiger partial charge in [0.25, 0.3) is 10.0 Å². The van der Waals surface area contributed by atoms with Gasteiger partial charge in [-0.3, -0.25) is 9.10 Å². The van der Waals surface area contributed by atoms with Gasteiger partial charge in [-0.2, -0.15) is 0 Å². The van der Waals surface area contributed by atoms with Crippen molar-refractivity contribution in [3.63, 3.8) is 0 Å². The molecule has 0 heterocycles. The van der Waals surface area contributed by atoms with Gasteiger partial charge in [0.15, 0.2) is 11.5 Å². The summed E-state index contributed by atoms with van der Waals surface area (Å²) in [4.78, 5) is 12.9. The molecule has 1 N–H and O–H groups in total. The van der Waals surface area contributed by atoms with Crippen LogP contribution in [0.4, 0.5) is 5.69 Å². The molecule has 0 spiro atoms. The monoisotopic (exact) mass is 498 g/mol. The Labute approximate surface area is 206 Å². The third-order valence-electron chi connectivity index (χ3n) is 5.23. The lowest BCUT2D eigenvalue weighted by molar-refractivity contribution is -0.119. The van der Waals surface area contributed by atoms with Gasteiger partial charge in [-0.05, 0) is 55.8 Å². The normalized spacial score (nSPS) is 11.0. The molecule has 9 heteroatoms. The van der Waals surface area contributed by atoms with Crippen molar-refractivity contribution in [1.82, 2.24) is 5.32 Å². The number of nitrogens with zero attached hydrogens (tertiary/aromatic N) is 1. The Morgan fingerprint density at radius 1 is 0.886 bits per heavy atom. The third kappa shape index (κ3) is 6.66. The highest BCUT2D eigenvalue weighted by Gasteiger charge is 2.28. The molecule has 1 amide bonds. The van der Waals surface area contributed by atoms with Gasteiger partial charge < -0.3 is 19.5 Å². The molecule has 8 nitrogen and oxygen atoms in total. The Hall–Kier alpha value is -3.72. The Morgan fingerprint density at radius 3 is 2.26 bits per heavy atom. The Balaban J connectivity index is 1.79. The van der Waals surface area contributed by atoms with E-state index in [2.05, 4.69) is 5.32 Å². The SMILES string of the molecule is COc1ccc(N(CC(=O)NCCOc2cccc(C)c2)S(=O)(=O)c2ccc(C)cc2)cc1OC. The molecule has 3 aromatic rings. The molecule has 3 rings (SSSR count). The van der Waals surface area contributed by atoms with E-state index >= 15 is 0 Å². The molecule has 3 aromatic carbocycles. The van der Waals surface area contributed by atoms with Crippen molar-refractivity contribution < 1.29 is 27.4 Å². The first-order valence-electron chi connectivity index (χ1n) is 11.0. The van der Waals surface area contributed by atoms with E-state index in [-0.39, 0.29) is 23.7 Å². The first-order chi connectivity index (χ1) is 16.7. The van der Waals surface area contributed by atoms with E-state index in [9.17, 15) is 13.2 Å². The van der Waals surface area contributed by atoms with Gasteiger partial charge in [0, 0.05) is 6.07 Å². The number of rotatable bonds is 11. The topological polar surface area (TPSA) is 94.2 Å². The van der Waals surface area contributed by atoms with Crippen molar-refractivity contribution in [2.75, 3.05) is 38.2 Å². The second-order valence-electron chi connectivity index (χ2n) is 7.88. The van der Waals surface area contributed by atoms with Gasteiger partial charge in [0.05, 0.1) is 31.3 Å². The van der Waals surface area contributed by atoms with Crippen LogP contribution in [0.1, 0.15) is 11.1 Å². The van der Waals surface area contributed by atoms with Gasteiger partial charge in [-0.25, -0.2) is 8.42 Å². The number of benzene rings is 3. The van der Waals surface area contributed by atoms with E-state index < -0.39 is 22.5 Å². The van der Waals surface area contributed by atoms with Crippen LogP contribution >= 0.6 is 0 Å². The average Bonchev–Trinajstić information content (AvgIpc) is 2.85. The van der Waals surface area contributed by atoms with Crippen molar-refractivity contribution in [2.45, 2.75) is 18.7 Å². The van der Waals surface area contributed by atoms with Crippen LogP contribution in [-0.4, -0.2) is 48.2 Å². The number of carbonyl (C=O) groups excluding carboxylic acids is 1. The molecule has 0 aliphatic heterocycles. The van der Waals surface area contributed by atoms with Crippen molar-refractivity contribution in [3.8, 4) is 17.2 Å². The summed E-state index contributed by atoms with van der Waals surface area (Å²) < 4.78 is 44.4. The number of aryl methyl sites for hydroxylation is 2. The molecule has 0 fully saturated rings. The molecule has 186 valence electrons. The minimum Gasteiger partial charge on any atom is -0.493 e. The number of anilines is 1. The zero-order valence-electron chi connectivity index (χ0n) is 20.3. The lowest BCUT2D eigenvalue weighted by Gasteiger charge is -2.25. The van der Waals surface area contributed by atoms with Gasteiger partial charge in [-0.15, -0.1) is 0 Å². The number of methoxy groups -OCH3 is 2. The van der Waals surface area contributed by atoms with E-state index in [0.717, 1.165) is 15.4 Å². The summed E-state index contributed by atoms with van der Waals surface area (Å²) in [5, 5.41) is 2.73. The Morgan fingerprint density at radius 2 is 1.60 bits per heavy atom. The molecule has 0 radical (unpaired) electrons. The lowest BCUT2D eigenvalue weighted by Crippen LogP contribution is -2.42. The van der Waals surface area contributed by atoms with Crippen LogP contribution in [0.25, 0.3) is 0 Å². The van der Waals surface area contributed by atoms with Crippen molar-refractivity contribution in [2.24, 2.45) is 0 Å². The predicted molar refractivity (Wildman–Crippen MR) is 135 cm³/mol. The van der Waals surface area contributed by atoms with Gasteiger partial charge in [0.2, 0.25) is 5.91 Å². The van der Waals surface area contributed by atoms with Crippen LogP contribution in [0.5, 0.6) is 17.2 Å². The van der Waals surface area contributed by atoms with E-state index in [0.29, 0.717) is 17.2 Å². The number of amides is 1. The second-order valence-corrected chi connectivity index (χ2v) is 9.74. The first kappa shape index (κ1) is 25.9. The molecule has 35 heavy (non-hydrogen) atoms. The molecule has 0 saturated heterocycles. The van der Waals surface area contributed by atoms with Crippen LogP contribution in [-0.2, 0) is 14.8 Å². The lowest BCUT2D eigenvalue weighted by atomic mass is 10.2. The van der Waals surface area contributed by atoms with Crippen molar-refractivity contribution >= 4 is 21.6 Å². The fourth-order valence-corrected chi connectivity index (χ4v) is 4.80. The molecule has 0 unspecified atom stereocenters. The van der Waals surface area contributed by atoms with Gasteiger partial charge in [0.1, 0.15) is 18.9 Å². The van der Waals surface area contributed by atoms with Crippen LogP contribution in [0, 0.1) is 13.8 Å². The number of hydrogen-bond acceptors (Lipinski definition) is 6. The summed E-state index contributed by atoms with van der Waals surface area (Å²) in [6.07, 6.45) is 0. The summed E-state index contributed by atoms with van der Waals surface area (Å²) in [6, 6.07) is 18.7. The number of sulfonamides is 1. The van der Waals surface area contributed by atoms with Crippen LogP contribution in [0.15, 0.2) is 71.6 Å². The first-order valence-corrected chi connectivity index (χ1v) is 12.5. The predicted octanol–water partition coefficient (Wildman–Crippen LogP) is 3.71. The highest BCUT2D eigenvalue weighted by Crippen LogP contribution is 2.33. The number of ether oxygens (including phenoxy) is 3. The summed E-state index contributed by atoms with van der Waals surface area (Å²) >= 11 is 0. The standard InChI is InChI=1S/C26H30N2O6S/c1-19-8-11-23(12-9-19)35(30,31)28(21-10-13-24(32-3)25(17-21)33-4)18-26(29)27-14-15-34-22-7-5-6-20(2)16-22/h5-13,16-17H,14-15,18H2,1-4H3,(H,27,29). The highest BCUT2D eigenvalue weighted by molar-refractivity contribution is 7.92. The fraction of sp³-hybridized carbons (Fsp3) is 0.269. The minimum atomic E-state index is -4.04. The maximum atomic E-state index is 13.5. The summed E-state index contributed by atoms with van der Waals surface area (Å²) in [5.41, 5.74) is 2.26. The van der Waals surface area contributed by atoms with E-state index in [1.807, 2.05) is 38.1 Å². The van der Waals surface area contributed by atoms with Crippen molar-refractivity contribution in [3.05, 3.63) is 77.9 Å². The highest BCUT2D eigenvalue weighted by atomic mass is 32.2. The maximum absolute atomic E-state index is 13.5.